The maximum absolute atomic E-state index is 6.49. The highest BCUT2D eigenvalue weighted by Gasteiger charge is 2.34. The van der Waals surface area contributed by atoms with Crippen molar-refractivity contribution in [1.82, 2.24) is 0 Å². The van der Waals surface area contributed by atoms with E-state index in [1.807, 2.05) is 0 Å². The molecule has 0 radical (unpaired) electrons. The van der Waals surface area contributed by atoms with E-state index < -0.39 is 0 Å². The molecule has 18 heavy (non-hydrogen) atoms. The van der Waals surface area contributed by atoms with Crippen LogP contribution in [-0.2, 0) is 5.41 Å². The van der Waals surface area contributed by atoms with Crippen LogP contribution in [0.2, 0.25) is 0 Å². The van der Waals surface area contributed by atoms with E-state index in [4.69, 9.17) is 5.73 Å². The second-order valence-electron chi connectivity index (χ2n) is 4.98. The lowest BCUT2D eigenvalue weighted by Gasteiger charge is -2.38. The van der Waals surface area contributed by atoms with E-state index in [1.54, 1.807) is 0 Å². The highest BCUT2D eigenvalue weighted by atomic mass is 35.5. The van der Waals surface area contributed by atoms with Gasteiger partial charge in [0.2, 0.25) is 0 Å². The van der Waals surface area contributed by atoms with E-state index in [0.29, 0.717) is 0 Å². The van der Waals surface area contributed by atoms with Crippen LogP contribution in [0.3, 0.4) is 0 Å². The van der Waals surface area contributed by atoms with Gasteiger partial charge in [0.1, 0.15) is 0 Å². The van der Waals surface area contributed by atoms with E-state index in [9.17, 15) is 0 Å². The second kappa shape index (κ2) is 8.55. The third-order valence-electron chi connectivity index (χ3n) is 4.19. The van der Waals surface area contributed by atoms with Crippen LogP contribution in [0.25, 0.3) is 0 Å². The smallest absolute Gasteiger partial charge is 0.0136 e. The maximum atomic E-state index is 6.49. The number of benzene rings is 1. The molecule has 1 unspecified atom stereocenters. The molecule has 0 aromatic heterocycles. The molecule has 0 bridgehead atoms. The molecule has 0 aliphatic heterocycles. The fraction of sp³-hybridized carbons (Fsp3) is 0.625. The molecule has 0 aliphatic carbocycles. The molecule has 2 heteroatoms. The van der Waals surface area contributed by atoms with E-state index in [2.05, 4.69) is 51.1 Å². The Morgan fingerprint density at radius 3 is 2.06 bits per heavy atom. The summed E-state index contributed by atoms with van der Waals surface area (Å²) in [6.45, 7) is 6.76. The van der Waals surface area contributed by atoms with Crippen molar-refractivity contribution in [2.75, 3.05) is 0 Å². The van der Waals surface area contributed by atoms with Gasteiger partial charge >= 0.3 is 0 Å². The SMILES string of the molecule is CCCCC(N)C(CC)(CC)c1ccccc1.Cl. The summed E-state index contributed by atoms with van der Waals surface area (Å²) in [5.74, 6) is 0. The van der Waals surface area contributed by atoms with Crippen LogP contribution in [0.5, 0.6) is 0 Å². The number of nitrogens with two attached hydrogens (primary N) is 1. The largest absolute Gasteiger partial charge is 0.327 e. The van der Waals surface area contributed by atoms with Crippen molar-refractivity contribution in [2.45, 2.75) is 64.3 Å². The summed E-state index contributed by atoms with van der Waals surface area (Å²) < 4.78 is 0. The van der Waals surface area contributed by atoms with Gasteiger partial charge in [-0.15, -0.1) is 12.4 Å². The highest BCUT2D eigenvalue weighted by molar-refractivity contribution is 5.85. The summed E-state index contributed by atoms with van der Waals surface area (Å²) in [7, 11) is 0. The lowest BCUT2D eigenvalue weighted by atomic mass is 9.69. The van der Waals surface area contributed by atoms with Crippen LogP contribution < -0.4 is 5.73 Å². The zero-order chi connectivity index (χ0) is 12.7. The van der Waals surface area contributed by atoms with Crippen molar-refractivity contribution in [3.8, 4) is 0 Å². The molecular weight excluding hydrogens is 242 g/mol. The van der Waals surface area contributed by atoms with Crippen molar-refractivity contribution in [2.24, 2.45) is 5.73 Å². The van der Waals surface area contributed by atoms with Crippen LogP contribution in [0.1, 0.15) is 58.4 Å². The molecule has 0 spiro atoms. The number of halogens is 1. The molecule has 1 atom stereocenters. The van der Waals surface area contributed by atoms with Crippen LogP contribution >= 0.6 is 12.4 Å². The molecule has 104 valence electrons. The molecule has 1 nitrogen and oxygen atoms in total. The Bertz CT molecular complexity index is 306. The van der Waals surface area contributed by atoms with Gasteiger partial charge in [-0.25, -0.2) is 0 Å². The lowest BCUT2D eigenvalue weighted by Crippen LogP contribution is -2.44. The van der Waals surface area contributed by atoms with Crippen LogP contribution in [-0.4, -0.2) is 6.04 Å². The van der Waals surface area contributed by atoms with E-state index in [-0.39, 0.29) is 23.9 Å². The first-order chi connectivity index (χ1) is 8.21. The molecule has 0 aliphatic rings. The first kappa shape index (κ1) is 17.5. The summed E-state index contributed by atoms with van der Waals surface area (Å²) in [5, 5.41) is 0. The van der Waals surface area contributed by atoms with Crippen molar-refractivity contribution in [3.63, 3.8) is 0 Å². The number of hydrogen-bond acceptors (Lipinski definition) is 1. The van der Waals surface area contributed by atoms with E-state index >= 15 is 0 Å². The van der Waals surface area contributed by atoms with E-state index in [0.717, 1.165) is 19.3 Å². The predicted molar refractivity (Wildman–Crippen MR) is 83.5 cm³/mol. The Morgan fingerprint density at radius 2 is 1.61 bits per heavy atom. The minimum Gasteiger partial charge on any atom is -0.327 e. The van der Waals surface area contributed by atoms with Gasteiger partial charge in [-0.1, -0.05) is 63.9 Å². The Balaban J connectivity index is 0.00000289. The molecule has 0 saturated heterocycles. The quantitative estimate of drug-likeness (QED) is 0.764. The van der Waals surface area contributed by atoms with Gasteiger partial charge in [0, 0.05) is 11.5 Å². The van der Waals surface area contributed by atoms with Crippen LogP contribution in [0.15, 0.2) is 30.3 Å². The minimum absolute atomic E-state index is 0. The van der Waals surface area contributed by atoms with Crippen LogP contribution in [0.4, 0.5) is 0 Å². The van der Waals surface area contributed by atoms with E-state index in [1.165, 1.54) is 18.4 Å². The third-order valence-corrected chi connectivity index (χ3v) is 4.19. The fourth-order valence-electron chi connectivity index (χ4n) is 2.87. The van der Waals surface area contributed by atoms with Gasteiger partial charge in [-0.05, 0) is 24.8 Å². The summed E-state index contributed by atoms with van der Waals surface area (Å²) in [6.07, 6.45) is 5.84. The zero-order valence-corrected chi connectivity index (χ0v) is 12.8. The monoisotopic (exact) mass is 269 g/mol. The summed E-state index contributed by atoms with van der Waals surface area (Å²) in [6, 6.07) is 11.1. The second-order valence-corrected chi connectivity index (χ2v) is 4.98. The molecular formula is C16H28ClN. The predicted octanol–water partition coefficient (Wildman–Crippen LogP) is 4.68. The zero-order valence-electron chi connectivity index (χ0n) is 12.0. The summed E-state index contributed by atoms with van der Waals surface area (Å²) in [5.41, 5.74) is 8.07. The van der Waals surface area contributed by atoms with Gasteiger partial charge in [0.15, 0.2) is 0 Å². The molecule has 1 rings (SSSR count). The van der Waals surface area contributed by atoms with Crippen LogP contribution in [0, 0.1) is 0 Å². The first-order valence-corrected chi connectivity index (χ1v) is 7.02. The standard InChI is InChI=1S/C16H27N.ClH/c1-4-7-13-15(17)16(5-2,6-3)14-11-9-8-10-12-14;/h8-12,15H,4-7,13,17H2,1-3H3;1H. The van der Waals surface area contributed by atoms with Gasteiger partial charge in [-0.2, -0.15) is 0 Å². The van der Waals surface area contributed by atoms with Crippen molar-refractivity contribution in [3.05, 3.63) is 35.9 Å². The number of hydrogen-bond donors (Lipinski definition) is 1. The van der Waals surface area contributed by atoms with Crippen molar-refractivity contribution < 1.29 is 0 Å². The van der Waals surface area contributed by atoms with Gasteiger partial charge < -0.3 is 5.73 Å². The molecule has 1 aromatic rings. The third kappa shape index (κ3) is 3.73. The Hall–Kier alpha value is -0.530. The first-order valence-electron chi connectivity index (χ1n) is 7.02. The van der Waals surface area contributed by atoms with Gasteiger partial charge in [0.25, 0.3) is 0 Å². The number of unbranched alkanes of at least 4 members (excludes halogenated alkanes) is 1. The normalized spacial score (nSPS) is 12.9. The molecule has 0 saturated carbocycles. The van der Waals surface area contributed by atoms with Gasteiger partial charge in [0.05, 0.1) is 0 Å². The Labute approximate surface area is 119 Å². The van der Waals surface area contributed by atoms with Gasteiger partial charge in [-0.3, -0.25) is 0 Å². The average Bonchev–Trinajstić information content (AvgIpc) is 2.39. The molecule has 0 amide bonds. The minimum atomic E-state index is 0. The average molecular weight is 270 g/mol. The molecule has 2 N–H and O–H groups in total. The maximum Gasteiger partial charge on any atom is 0.0136 e. The summed E-state index contributed by atoms with van der Waals surface area (Å²) >= 11 is 0. The highest BCUT2D eigenvalue weighted by Crippen LogP contribution is 2.36. The molecule has 0 fully saturated rings. The van der Waals surface area contributed by atoms with Crippen molar-refractivity contribution >= 4 is 12.4 Å². The summed E-state index contributed by atoms with van der Waals surface area (Å²) in [4.78, 5) is 0. The molecule has 1 aromatic carbocycles. The lowest BCUT2D eigenvalue weighted by molar-refractivity contribution is 0.299. The van der Waals surface area contributed by atoms with Crippen molar-refractivity contribution in [1.29, 1.82) is 0 Å². The number of rotatable bonds is 7. The fourth-order valence-corrected chi connectivity index (χ4v) is 2.87. The molecule has 0 heterocycles. The topological polar surface area (TPSA) is 26.0 Å². The Kier molecular flexibility index (Phi) is 8.30. The Morgan fingerprint density at radius 1 is 1.06 bits per heavy atom.